The zero-order valence-electron chi connectivity index (χ0n) is 13.8. The van der Waals surface area contributed by atoms with Gasteiger partial charge in [0, 0.05) is 36.7 Å². The van der Waals surface area contributed by atoms with Gasteiger partial charge in [-0.1, -0.05) is 6.07 Å². The van der Waals surface area contributed by atoms with E-state index in [1.165, 1.54) is 22.2 Å². The fourth-order valence-electron chi connectivity index (χ4n) is 3.68. The molecule has 1 aromatic heterocycles. The number of rotatable bonds is 4. The van der Waals surface area contributed by atoms with Crippen LogP contribution in [0.15, 0.2) is 18.2 Å². The lowest BCUT2D eigenvalue weighted by Crippen LogP contribution is -2.22. The van der Waals surface area contributed by atoms with Crippen molar-refractivity contribution in [1.29, 1.82) is 0 Å². The van der Waals surface area contributed by atoms with Crippen LogP contribution in [0.1, 0.15) is 16.8 Å². The van der Waals surface area contributed by atoms with Crippen LogP contribution < -0.4 is 5.32 Å². The van der Waals surface area contributed by atoms with E-state index in [4.69, 9.17) is 5.11 Å². The largest absolute Gasteiger partial charge is 0.465 e. The zero-order chi connectivity index (χ0) is 15.9. The lowest BCUT2D eigenvalue weighted by atomic mass is 10.0. The Kier molecular flexibility index (Phi) is 5.22. The van der Waals surface area contributed by atoms with Gasteiger partial charge in [-0.05, 0) is 56.1 Å². The molecule has 1 unspecified atom stereocenters. The third kappa shape index (κ3) is 3.46. The molecule has 2 N–H and O–H groups in total. The first-order valence-electron chi connectivity index (χ1n) is 7.66. The molecule has 0 spiro atoms. The smallest absolute Gasteiger partial charge is 0.404 e. The third-order valence-electron chi connectivity index (χ3n) is 4.54. The molecule has 0 saturated heterocycles. The van der Waals surface area contributed by atoms with Crippen LogP contribution >= 0.6 is 12.4 Å². The highest BCUT2D eigenvalue weighted by Crippen LogP contribution is 2.35. The molecule has 1 atom stereocenters. The monoisotopic (exact) mass is 337 g/mol. The molecule has 6 heteroatoms. The van der Waals surface area contributed by atoms with E-state index in [0.29, 0.717) is 12.5 Å². The Labute approximate surface area is 142 Å². The number of nitrogens with one attached hydrogen (secondary N) is 1. The molecular weight excluding hydrogens is 314 g/mol. The Bertz CT molecular complexity index is 724. The van der Waals surface area contributed by atoms with Gasteiger partial charge < -0.3 is 19.9 Å². The minimum atomic E-state index is -0.982. The minimum Gasteiger partial charge on any atom is -0.465 e. The van der Waals surface area contributed by atoms with Gasteiger partial charge in [0.1, 0.15) is 0 Å². The predicted octanol–water partition coefficient (Wildman–Crippen LogP) is 2.64. The van der Waals surface area contributed by atoms with Crippen LogP contribution in [0.25, 0.3) is 10.9 Å². The Morgan fingerprint density at radius 1 is 1.39 bits per heavy atom. The number of aromatic nitrogens is 1. The summed E-state index contributed by atoms with van der Waals surface area (Å²) in [5.41, 5.74) is 5.14. The molecule has 0 saturated carbocycles. The van der Waals surface area contributed by atoms with E-state index in [9.17, 15) is 4.79 Å². The van der Waals surface area contributed by atoms with Crippen LogP contribution in [0.3, 0.4) is 0 Å². The molecule has 1 amide bonds. The summed E-state index contributed by atoms with van der Waals surface area (Å²) >= 11 is 0. The maximum absolute atomic E-state index is 10.7. The summed E-state index contributed by atoms with van der Waals surface area (Å²) in [6.45, 7) is 1.46. The van der Waals surface area contributed by atoms with Crippen molar-refractivity contribution in [2.24, 2.45) is 13.0 Å². The van der Waals surface area contributed by atoms with Gasteiger partial charge >= 0.3 is 6.09 Å². The van der Waals surface area contributed by atoms with E-state index in [2.05, 4.69) is 48.1 Å². The van der Waals surface area contributed by atoms with E-state index < -0.39 is 6.09 Å². The van der Waals surface area contributed by atoms with Crippen LogP contribution in [0.4, 0.5) is 4.79 Å². The topological polar surface area (TPSA) is 57.5 Å². The van der Waals surface area contributed by atoms with Crippen molar-refractivity contribution in [3.8, 4) is 0 Å². The number of fused-ring (bicyclic) bond motifs is 3. The van der Waals surface area contributed by atoms with Crippen molar-refractivity contribution in [2.75, 3.05) is 20.6 Å². The number of amides is 1. The lowest BCUT2D eigenvalue weighted by molar-refractivity contribution is 0.194. The molecule has 5 nitrogen and oxygen atoms in total. The fourth-order valence-corrected chi connectivity index (χ4v) is 3.68. The summed E-state index contributed by atoms with van der Waals surface area (Å²) in [5.74, 6) is 0.677. The van der Waals surface area contributed by atoms with Gasteiger partial charge in [-0.2, -0.15) is 0 Å². The first kappa shape index (κ1) is 17.6. The summed E-state index contributed by atoms with van der Waals surface area (Å²) in [6.07, 6.45) is 1.26. The summed E-state index contributed by atoms with van der Waals surface area (Å²) in [5, 5.41) is 12.5. The van der Waals surface area contributed by atoms with Crippen molar-refractivity contribution in [1.82, 2.24) is 14.8 Å². The van der Waals surface area contributed by atoms with Crippen LogP contribution in [-0.4, -0.2) is 41.3 Å². The summed E-state index contributed by atoms with van der Waals surface area (Å²) < 4.78 is 2.30. The molecule has 3 rings (SSSR count). The van der Waals surface area contributed by atoms with E-state index in [1.54, 1.807) is 0 Å². The maximum atomic E-state index is 10.7. The number of carboxylic acid groups (broad SMARTS) is 1. The van der Waals surface area contributed by atoms with Crippen LogP contribution in [0, 0.1) is 5.92 Å². The van der Waals surface area contributed by atoms with Gasteiger partial charge in [-0.3, -0.25) is 0 Å². The number of benzene rings is 1. The fraction of sp³-hybridized carbons (Fsp3) is 0.471. The highest BCUT2D eigenvalue weighted by atomic mass is 35.5. The van der Waals surface area contributed by atoms with Gasteiger partial charge in [-0.15, -0.1) is 12.4 Å². The Morgan fingerprint density at radius 2 is 2.13 bits per heavy atom. The Balaban J connectivity index is 0.00000192. The van der Waals surface area contributed by atoms with Crippen molar-refractivity contribution in [2.45, 2.75) is 19.4 Å². The van der Waals surface area contributed by atoms with Crippen molar-refractivity contribution >= 4 is 29.4 Å². The van der Waals surface area contributed by atoms with E-state index in [1.807, 2.05) is 6.07 Å². The second kappa shape index (κ2) is 6.81. The molecule has 1 aromatic carbocycles. The summed E-state index contributed by atoms with van der Waals surface area (Å²) in [4.78, 5) is 12.9. The van der Waals surface area contributed by atoms with Crippen LogP contribution in [0.2, 0.25) is 0 Å². The zero-order valence-corrected chi connectivity index (χ0v) is 14.6. The SMILES string of the molecule is CN(C)CC1Cc2c(n(C)c3ccc(CNC(=O)O)cc23)C1.Cl. The van der Waals surface area contributed by atoms with E-state index in [0.717, 1.165) is 24.9 Å². The molecule has 126 valence electrons. The number of carbonyl (C=O) groups is 1. The summed E-state index contributed by atoms with van der Waals surface area (Å²) in [6, 6.07) is 6.25. The molecule has 0 bridgehead atoms. The average Bonchev–Trinajstić information content (AvgIpc) is 2.96. The molecule has 0 fully saturated rings. The molecule has 23 heavy (non-hydrogen) atoms. The quantitative estimate of drug-likeness (QED) is 0.901. The maximum Gasteiger partial charge on any atom is 0.404 e. The predicted molar refractivity (Wildman–Crippen MR) is 94.5 cm³/mol. The molecule has 1 aliphatic rings. The second-order valence-electron chi connectivity index (χ2n) is 6.53. The Hall–Kier alpha value is -1.72. The highest BCUT2D eigenvalue weighted by Gasteiger charge is 2.27. The first-order valence-corrected chi connectivity index (χ1v) is 7.66. The number of hydrogen-bond acceptors (Lipinski definition) is 2. The van der Waals surface area contributed by atoms with Gasteiger partial charge in [0.2, 0.25) is 0 Å². The molecule has 0 radical (unpaired) electrons. The average molecular weight is 338 g/mol. The molecular formula is C17H24ClN3O2. The van der Waals surface area contributed by atoms with Crippen molar-refractivity contribution in [3.63, 3.8) is 0 Å². The Morgan fingerprint density at radius 3 is 2.78 bits per heavy atom. The molecule has 0 aliphatic heterocycles. The number of nitrogens with zero attached hydrogens (tertiary/aromatic N) is 2. The van der Waals surface area contributed by atoms with Crippen LogP contribution in [0.5, 0.6) is 0 Å². The third-order valence-corrected chi connectivity index (χ3v) is 4.54. The van der Waals surface area contributed by atoms with Crippen molar-refractivity contribution < 1.29 is 9.90 Å². The second-order valence-corrected chi connectivity index (χ2v) is 6.53. The van der Waals surface area contributed by atoms with Gasteiger partial charge in [0.25, 0.3) is 0 Å². The highest BCUT2D eigenvalue weighted by molar-refractivity contribution is 5.87. The molecule has 1 aliphatic carbocycles. The molecule has 1 heterocycles. The van der Waals surface area contributed by atoms with Gasteiger partial charge in [-0.25, -0.2) is 4.79 Å². The molecule has 2 aromatic rings. The van der Waals surface area contributed by atoms with Gasteiger partial charge in [0.05, 0.1) is 0 Å². The van der Waals surface area contributed by atoms with Gasteiger partial charge in [0.15, 0.2) is 0 Å². The minimum absolute atomic E-state index is 0. The van der Waals surface area contributed by atoms with E-state index in [-0.39, 0.29) is 12.4 Å². The van der Waals surface area contributed by atoms with Crippen molar-refractivity contribution in [3.05, 3.63) is 35.0 Å². The standard InChI is InChI=1S/C17H23N3O2.ClH/c1-19(2)10-12-7-14-13-6-11(9-18-17(21)22)4-5-15(13)20(3)16(14)8-12;/h4-6,12,18H,7-10H2,1-3H3,(H,21,22);1H. The number of hydrogen-bond donors (Lipinski definition) is 2. The summed E-state index contributed by atoms with van der Waals surface area (Å²) in [7, 11) is 6.38. The number of aryl methyl sites for hydroxylation is 1. The van der Waals surface area contributed by atoms with E-state index >= 15 is 0 Å². The lowest BCUT2D eigenvalue weighted by Gasteiger charge is -2.16. The van der Waals surface area contributed by atoms with Crippen LogP contribution in [-0.2, 0) is 26.4 Å². The first-order chi connectivity index (χ1) is 10.5. The normalized spacial score (nSPS) is 16.4. The number of halogens is 1.